The summed E-state index contributed by atoms with van der Waals surface area (Å²) in [5.41, 5.74) is 1.08. The fraction of sp³-hybridized carbons (Fsp3) is 0.529. The molecule has 3 heteroatoms. The van der Waals surface area contributed by atoms with Gasteiger partial charge >= 0.3 is 0 Å². The largest absolute Gasteiger partial charge is 0.465 e. The highest BCUT2D eigenvalue weighted by molar-refractivity contribution is 5.48. The molecule has 0 N–H and O–H groups in total. The minimum atomic E-state index is -0.312. The van der Waals surface area contributed by atoms with Gasteiger partial charge in [-0.2, -0.15) is 0 Å². The normalized spacial score (nSPS) is 17.6. The predicted octanol–water partition coefficient (Wildman–Crippen LogP) is 4.38. The van der Waals surface area contributed by atoms with Gasteiger partial charge in [0.15, 0.2) is 13.1 Å². The van der Waals surface area contributed by atoms with Crippen LogP contribution < -0.4 is 4.74 Å². The topological polar surface area (TPSA) is 27.7 Å². The second kappa shape index (κ2) is 8.08. The molecule has 0 bridgehead atoms. The summed E-state index contributed by atoms with van der Waals surface area (Å²) in [7, 11) is 0. The van der Waals surface area contributed by atoms with Gasteiger partial charge in [-0.25, -0.2) is 0 Å². The van der Waals surface area contributed by atoms with E-state index in [0.29, 0.717) is 12.9 Å². The van der Waals surface area contributed by atoms with Crippen LogP contribution in [-0.4, -0.2) is 19.2 Å². The number of rotatable bonds is 7. The van der Waals surface area contributed by atoms with Crippen molar-refractivity contribution < 1.29 is 14.2 Å². The van der Waals surface area contributed by atoms with E-state index in [9.17, 15) is 0 Å². The van der Waals surface area contributed by atoms with E-state index < -0.39 is 0 Å². The van der Waals surface area contributed by atoms with Crippen molar-refractivity contribution in [2.24, 2.45) is 0 Å². The third-order valence-electron chi connectivity index (χ3n) is 3.58. The molecule has 1 aromatic carbocycles. The molecule has 110 valence electrons. The summed E-state index contributed by atoms with van der Waals surface area (Å²) in [4.78, 5) is 0. The van der Waals surface area contributed by atoms with Crippen molar-refractivity contribution in [3.8, 4) is 5.75 Å². The molecule has 1 unspecified atom stereocenters. The summed E-state index contributed by atoms with van der Waals surface area (Å²) in [6.07, 6.45) is 8.04. The monoisotopic (exact) mass is 276 g/mol. The maximum Gasteiger partial charge on any atom is 0.199 e. The Morgan fingerprint density at radius 3 is 2.55 bits per heavy atom. The summed E-state index contributed by atoms with van der Waals surface area (Å²) in [5, 5.41) is 0. The van der Waals surface area contributed by atoms with Crippen LogP contribution in [0.1, 0.15) is 44.6 Å². The molecule has 0 radical (unpaired) electrons. The smallest absolute Gasteiger partial charge is 0.199 e. The van der Waals surface area contributed by atoms with Gasteiger partial charge in [-0.3, -0.25) is 0 Å². The van der Waals surface area contributed by atoms with Crippen molar-refractivity contribution in [2.45, 2.75) is 51.4 Å². The van der Waals surface area contributed by atoms with Crippen molar-refractivity contribution in [2.75, 3.05) is 6.79 Å². The Bertz CT molecular complexity index is 393. The van der Waals surface area contributed by atoms with E-state index >= 15 is 0 Å². The van der Waals surface area contributed by atoms with Crippen LogP contribution in [-0.2, 0) is 9.47 Å². The van der Waals surface area contributed by atoms with Gasteiger partial charge < -0.3 is 14.2 Å². The summed E-state index contributed by atoms with van der Waals surface area (Å²) in [6, 6.07) is 7.76. The van der Waals surface area contributed by atoms with E-state index in [1.54, 1.807) is 0 Å². The molecule has 0 aromatic heterocycles. The zero-order valence-corrected chi connectivity index (χ0v) is 12.2. The van der Waals surface area contributed by atoms with Gasteiger partial charge in [-0.1, -0.05) is 44.1 Å². The fourth-order valence-corrected chi connectivity index (χ4v) is 2.37. The Balaban J connectivity index is 1.66. The van der Waals surface area contributed by atoms with Crippen molar-refractivity contribution in [1.29, 1.82) is 0 Å². The summed E-state index contributed by atoms with van der Waals surface area (Å²) < 4.78 is 16.9. The molecule has 1 fully saturated rings. The minimum absolute atomic E-state index is 0.302. The molecule has 0 amide bonds. The van der Waals surface area contributed by atoms with Gasteiger partial charge in [0.1, 0.15) is 5.75 Å². The molecule has 2 rings (SSSR count). The van der Waals surface area contributed by atoms with Gasteiger partial charge in [0, 0.05) is 0 Å². The third-order valence-corrected chi connectivity index (χ3v) is 3.58. The fourth-order valence-electron chi connectivity index (χ4n) is 2.37. The highest BCUT2D eigenvalue weighted by atomic mass is 16.7. The Morgan fingerprint density at radius 2 is 1.90 bits per heavy atom. The van der Waals surface area contributed by atoms with Crippen LogP contribution in [0.25, 0.3) is 6.08 Å². The van der Waals surface area contributed by atoms with Crippen LogP contribution in [0, 0.1) is 0 Å². The Kier molecular flexibility index (Phi) is 6.09. The maximum absolute atomic E-state index is 5.71. The first kappa shape index (κ1) is 15.1. The van der Waals surface area contributed by atoms with Crippen LogP contribution in [0.3, 0.4) is 0 Å². The molecule has 1 aromatic rings. The lowest BCUT2D eigenvalue weighted by molar-refractivity contribution is -0.169. The first-order valence-electron chi connectivity index (χ1n) is 7.40. The molecule has 1 aliphatic carbocycles. The van der Waals surface area contributed by atoms with E-state index in [2.05, 4.69) is 6.58 Å². The minimum Gasteiger partial charge on any atom is -0.465 e. The summed E-state index contributed by atoms with van der Waals surface area (Å²) in [6.45, 7) is 5.91. The van der Waals surface area contributed by atoms with Crippen LogP contribution in [0.4, 0.5) is 0 Å². The Labute approximate surface area is 121 Å². The zero-order chi connectivity index (χ0) is 14.2. The number of ether oxygens (including phenoxy) is 3. The molecule has 1 saturated carbocycles. The molecule has 3 nitrogen and oxygen atoms in total. The van der Waals surface area contributed by atoms with Crippen LogP contribution in [0.15, 0.2) is 30.8 Å². The highest BCUT2D eigenvalue weighted by Crippen LogP contribution is 2.20. The standard InChI is InChI=1S/C17H24O3/c1-3-15-9-11-17(12-10-15)20-14(2)18-13-19-16-7-5-4-6-8-16/h3,9-12,14,16H,1,4-8,13H2,2H3. The van der Waals surface area contributed by atoms with E-state index in [1.165, 1.54) is 19.3 Å². The third kappa shape index (κ3) is 4.99. The average molecular weight is 276 g/mol. The first-order chi connectivity index (χ1) is 9.78. The van der Waals surface area contributed by atoms with E-state index in [0.717, 1.165) is 24.2 Å². The van der Waals surface area contributed by atoms with E-state index in [1.807, 2.05) is 37.3 Å². The van der Waals surface area contributed by atoms with Gasteiger partial charge in [-0.05, 0) is 37.5 Å². The van der Waals surface area contributed by atoms with E-state index in [-0.39, 0.29) is 6.29 Å². The molecule has 0 aliphatic heterocycles. The van der Waals surface area contributed by atoms with Crippen LogP contribution >= 0.6 is 0 Å². The molecule has 1 aliphatic rings. The average Bonchev–Trinajstić information content (AvgIpc) is 2.49. The van der Waals surface area contributed by atoms with Crippen molar-refractivity contribution >= 4 is 6.08 Å². The number of benzene rings is 1. The van der Waals surface area contributed by atoms with E-state index in [4.69, 9.17) is 14.2 Å². The first-order valence-corrected chi connectivity index (χ1v) is 7.40. The van der Waals surface area contributed by atoms with Crippen molar-refractivity contribution in [1.82, 2.24) is 0 Å². The molecule has 1 atom stereocenters. The Hall–Kier alpha value is -1.32. The summed E-state index contributed by atoms with van der Waals surface area (Å²) in [5.74, 6) is 0.792. The lowest BCUT2D eigenvalue weighted by Gasteiger charge is -2.23. The van der Waals surface area contributed by atoms with Crippen molar-refractivity contribution in [3.63, 3.8) is 0 Å². The Morgan fingerprint density at radius 1 is 1.20 bits per heavy atom. The lowest BCUT2D eigenvalue weighted by atomic mass is 9.98. The predicted molar refractivity (Wildman–Crippen MR) is 80.5 cm³/mol. The maximum atomic E-state index is 5.71. The lowest BCUT2D eigenvalue weighted by Crippen LogP contribution is -2.23. The molecule has 0 heterocycles. The van der Waals surface area contributed by atoms with Gasteiger partial charge in [-0.15, -0.1) is 0 Å². The zero-order valence-electron chi connectivity index (χ0n) is 12.2. The molecule has 0 spiro atoms. The number of hydrogen-bond donors (Lipinski definition) is 0. The van der Waals surface area contributed by atoms with Gasteiger partial charge in [0.2, 0.25) is 0 Å². The second-order valence-electron chi connectivity index (χ2n) is 5.17. The van der Waals surface area contributed by atoms with Gasteiger partial charge in [0.25, 0.3) is 0 Å². The quantitative estimate of drug-likeness (QED) is 0.692. The molecule has 0 saturated heterocycles. The van der Waals surface area contributed by atoms with Gasteiger partial charge in [0.05, 0.1) is 6.10 Å². The van der Waals surface area contributed by atoms with Crippen LogP contribution in [0.2, 0.25) is 0 Å². The molecular weight excluding hydrogens is 252 g/mol. The summed E-state index contributed by atoms with van der Waals surface area (Å²) >= 11 is 0. The molecular formula is C17H24O3. The van der Waals surface area contributed by atoms with Crippen molar-refractivity contribution in [3.05, 3.63) is 36.4 Å². The SMILES string of the molecule is C=Cc1ccc(OC(C)OCOC2CCCCC2)cc1. The van der Waals surface area contributed by atoms with Crippen LogP contribution in [0.5, 0.6) is 5.75 Å². The highest BCUT2D eigenvalue weighted by Gasteiger charge is 2.14. The molecule has 20 heavy (non-hydrogen) atoms. The number of hydrogen-bond acceptors (Lipinski definition) is 3. The second-order valence-corrected chi connectivity index (χ2v) is 5.17.